The molecule has 0 radical (unpaired) electrons. The van der Waals surface area contributed by atoms with Crippen molar-refractivity contribution in [2.24, 2.45) is 15.5 Å². The minimum Gasteiger partial charge on any atom is -0.325 e. The van der Waals surface area contributed by atoms with Crippen molar-refractivity contribution in [2.45, 2.75) is 65.1 Å². The maximum Gasteiger partial charge on any atom is 0.248 e. The quantitative estimate of drug-likeness (QED) is 0.318. The Bertz CT molecular complexity index is 1610. The summed E-state index contributed by atoms with van der Waals surface area (Å²) in [4.78, 5) is 54.9. The van der Waals surface area contributed by atoms with Crippen LogP contribution in [0.3, 0.4) is 0 Å². The van der Waals surface area contributed by atoms with Gasteiger partial charge in [0.2, 0.25) is 18.2 Å². The minimum atomic E-state index is -0.680. The summed E-state index contributed by atoms with van der Waals surface area (Å²) >= 11 is 0. The zero-order valence-electron chi connectivity index (χ0n) is 23.7. The van der Waals surface area contributed by atoms with Crippen molar-refractivity contribution in [2.75, 3.05) is 18.9 Å². The summed E-state index contributed by atoms with van der Waals surface area (Å²) in [6.07, 6.45) is 9.52. The van der Waals surface area contributed by atoms with Gasteiger partial charge in [0.05, 0.1) is 18.8 Å². The molecule has 2 fully saturated rings. The van der Waals surface area contributed by atoms with Crippen molar-refractivity contribution in [1.29, 1.82) is 0 Å². The molecule has 4 atom stereocenters. The van der Waals surface area contributed by atoms with E-state index < -0.39 is 6.04 Å². The number of fused-ring (bicyclic) bond motifs is 2. The van der Waals surface area contributed by atoms with E-state index in [4.69, 9.17) is 0 Å². The monoisotopic (exact) mass is 556 g/mol. The molecule has 12 heteroatoms. The average molecular weight is 557 g/mol. The number of aliphatic imine (C=N–C) groups is 1. The number of pyridine rings is 2. The van der Waals surface area contributed by atoms with Gasteiger partial charge in [0, 0.05) is 35.7 Å². The molecule has 3 aliphatic rings. The maximum atomic E-state index is 14.0. The number of hydrogen-bond donors (Lipinski definition) is 1. The standard InChI is InChI=1S/C29H33N9O3/c1-5-6-20-8-7-18(2)33-27(20)34-28(41)22-11-29(15-38(4)17-31-16-32-38)12-24(29)37(22)25(40)14-36-23-13-30-10-9-21(23)26(35-36)19(3)39/h7-10,13,16-17,22,24H,5-6,11-12,14-15H2,1-4H3/p+1/t22-,24+,29-,38?/m0/s1. The lowest BCUT2D eigenvalue weighted by Gasteiger charge is -2.27. The second-order valence-corrected chi connectivity index (χ2v) is 11.6. The smallest absolute Gasteiger partial charge is 0.248 e. The van der Waals surface area contributed by atoms with Gasteiger partial charge in [0.25, 0.3) is 0 Å². The van der Waals surface area contributed by atoms with Crippen molar-refractivity contribution < 1.29 is 19.0 Å². The van der Waals surface area contributed by atoms with Gasteiger partial charge in [-0.1, -0.05) is 24.5 Å². The van der Waals surface area contributed by atoms with Gasteiger partial charge in [0.1, 0.15) is 30.6 Å². The van der Waals surface area contributed by atoms with Crippen LogP contribution < -0.4 is 5.32 Å². The highest BCUT2D eigenvalue weighted by Gasteiger charge is 2.70. The Hall–Kier alpha value is -4.32. The highest BCUT2D eigenvalue weighted by Crippen LogP contribution is 2.60. The van der Waals surface area contributed by atoms with E-state index >= 15 is 0 Å². The number of nitrogens with one attached hydrogen (secondary N) is 1. The maximum absolute atomic E-state index is 14.0. The molecule has 2 amide bonds. The zero-order valence-corrected chi connectivity index (χ0v) is 23.7. The predicted molar refractivity (Wildman–Crippen MR) is 153 cm³/mol. The zero-order chi connectivity index (χ0) is 28.9. The summed E-state index contributed by atoms with van der Waals surface area (Å²) in [5.41, 5.74) is 2.41. The molecule has 3 aromatic rings. The van der Waals surface area contributed by atoms with Gasteiger partial charge in [-0.3, -0.25) is 24.0 Å². The summed E-state index contributed by atoms with van der Waals surface area (Å²) in [5, 5.41) is 12.7. The third-order valence-electron chi connectivity index (χ3n) is 8.39. The lowest BCUT2D eigenvalue weighted by Crippen LogP contribution is -2.47. The minimum absolute atomic E-state index is 0.110. The fourth-order valence-electron chi connectivity index (χ4n) is 6.49. The predicted octanol–water partition coefficient (Wildman–Crippen LogP) is 2.72. The van der Waals surface area contributed by atoms with Crippen LogP contribution in [-0.2, 0) is 22.6 Å². The Morgan fingerprint density at radius 1 is 1.20 bits per heavy atom. The van der Waals surface area contributed by atoms with Crippen LogP contribution in [0.25, 0.3) is 10.9 Å². The molecule has 0 spiro atoms. The van der Waals surface area contributed by atoms with E-state index in [2.05, 4.69) is 37.4 Å². The lowest BCUT2D eigenvalue weighted by atomic mass is 9.98. The molecular weight excluding hydrogens is 522 g/mol. The molecule has 1 N–H and O–H groups in total. The van der Waals surface area contributed by atoms with Crippen molar-refractivity contribution >= 4 is 47.0 Å². The van der Waals surface area contributed by atoms with Crippen molar-refractivity contribution in [3.05, 3.63) is 47.5 Å². The Labute approximate surface area is 237 Å². The largest absolute Gasteiger partial charge is 0.325 e. The van der Waals surface area contributed by atoms with Gasteiger partial charge in [-0.25, -0.2) is 4.98 Å². The number of quaternary nitrogens is 1. The Morgan fingerprint density at radius 2 is 2.02 bits per heavy atom. The molecule has 0 aromatic carbocycles. The number of Topliss-reactive ketones (excluding diaryl/α,β-unsaturated/α-hetero) is 1. The van der Waals surface area contributed by atoms with Crippen molar-refractivity contribution in [3.63, 3.8) is 0 Å². The molecule has 1 saturated carbocycles. The van der Waals surface area contributed by atoms with E-state index in [-0.39, 0.29) is 40.2 Å². The van der Waals surface area contributed by atoms with E-state index in [0.29, 0.717) is 35.4 Å². The average Bonchev–Trinajstić information content (AvgIpc) is 3.22. The van der Waals surface area contributed by atoms with E-state index in [1.807, 2.05) is 26.1 Å². The van der Waals surface area contributed by atoms with Gasteiger partial charge in [-0.15, -0.1) is 0 Å². The van der Waals surface area contributed by atoms with Crippen LogP contribution in [-0.4, -0.2) is 85.2 Å². The number of rotatable bonds is 9. The van der Waals surface area contributed by atoms with E-state index in [9.17, 15) is 14.4 Å². The number of aromatic nitrogens is 4. The van der Waals surface area contributed by atoms with Gasteiger partial charge < -0.3 is 10.2 Å². The second-order valence-electron chi connectivity index (χ2n) is 11.6. The van der Waals surface area contributed by atoms with Crippen LogP contribution in [0.2, 0.25) is 0 Å². The second kappa shape index (κ2) is 9.95. The van der Waals surface area contributed by atoms with Gasteiger partial charge in [0.15, 0.2) is 12.1 Å². The van der Waals surface area contributed by atoms with E-state index in [1.165, 1.54) is 17.9 Å². The van der Waals surface area contributed by atoms with Crippen molar-refractivity contribution in [1.82, 2.24) is 24.6 Å². The van der Waals surface area contributed by atoms with Crippen LogP contribution in [0.5, 0.6) is 0 Å². The van der Waals surface area contributed by atoms with E-state index in [1.54, 1.807) is 29.7 Å². The molecule has 5 heterocycles. The molecule has 6 rings (SSSR count). The molecule has 41 heavy (non-hydrogen) atoms. The number of ketones is 1. The molecule has 0 bridgehead atoms. The first-order valence-electron chi connectivity index (χ1n) is 14.0. The van der Waals surface area contributed by atoms with Crippen LogP contribution in [0.1, 0.15) is 54.9 Å². The van der Waals surface area contributed by atoms with Gasteiger partial charge in [-0.05, 0) is 43.9 Å². The first-order chi connectivity index (χ1) is 19.6. The molecule has 2 aliphatic heterocycles. The summed E-state index contributed by atoms with van der Waals surface area (Å²) < 4.78 is 1.80. The van der Waals surface area contributed by atoms with Gasteiger partial charge >= 0.3 is 0 Å². The van der Waals surface area contributed by atoms with E-state index in [0.717, 1.165) is 30.5 Å². The number of carbonyl (C=O) groups is 3. The summed E-state index contributed by atoms with van der Waals surface area (Å²) in [6, 6.07) is 4.87. The topological polar surface area (TPSA) is 135 Å². The number of anilines is 1. The SMILES string of the molecule is CCCc1ccc(C)nc1NC(=O)[C@@H]1C[C@@]2(C[N+]3(C)C=NC=N3)C[C@H]2N1C(=O)Cn1nc(C(C)=O)c2ccncc21. The molecule has 1 saturated heterocycles. The fraction of sp³-hybridized carbons (Fsp3) is 0.448. The molecule has 12 nitrogen and oxygen atoms in total. The first kappa shape index (κ1) is 26.9. The van der Waals surface area contributed by atoms with Crippen LogP contribution in [0.4, 0.5) is 5.82 Å². The van der Waals surface area contributed by atoms with Gasteiger partial charge in [-0.2, -0.15) is 14.7 Å². The Morgan fingerprint density at radius 3 is 2.76 bits per heavy atom. The summed E-state index contributed by atoms with van der Waals surface area (Å²) in [5.74, 6) is -0.127. The highest BCUT2D eigenvalue weighted by atomic mass is 16.2. The number of amides is 2. The third-order valence-corrected chi connectivity index (χ3v) is 8.39. The molecule has 212 valence electrons. The Balaban J connectivity index is 1.31. The number of piperidine rings is 1. The normalized spacial score (nSPS) is 26.0. The van der Waals surface area contributed by atoms with Crippen LogP contribution >= 0.6 is 0 Å². The Kier molecular flexibility index (Phi) is 6.52. The van der Waals surface area contributed by atoms with Crippen molar-refractivity contribution in [3.8, 4) is 0 Å². The lowest BCUT2D eigenvalue weighted by molar-refractivity contribution is -0.823. The molecule has 1 unspecified atom stereocenters. The highest BCUT2D eigenvalue weighted by molar-refractivity contribution is 6.05. The number of hydrogen-bond acceptors (Lipinski definition) is 8. The summed E-state index contributed by atoms with van der Waals surface area (Å²) in [6.45, 7) is 5.95. The van der Waals surface area contributed by atoms with Crippen LogP contribution in [0, 0.1) is 12.3 Å². The summed E-state index contributed by atoms with van der Waals surface area (Å²) in [7, 11) is 1.97. The number of likely N-dealkylation sites (tertiary alicyclic amines) is 1. The fourth-order valence-corrected chi connectivity index (χ4v) is 6.49. The van der Waals surface area contributed by atoms with Crippen LogP contribution in [0.15, 0.2) is 40.7 Å². The number of carbonyl (C=O) groups excluding carboxylic acids is 3. The molecule has 3 aromatic heterocycles. The first-order valence-corrected chi connectivity index (χ1v) is 14.0. The molecular formula is C29H34N9O3+. The molecule has 1 aliphatic carbocycles. The number of aryl methyl sites for hydroxylation is 2. The third kappa shape index (κ3) is 4.82. The number of nitrogens with zero attached hydrogens (tertiary/aromatic N) is 8.